The molecule has 68 valence electrons. The fourth-order valence-electron chi connectivity index (χ4n) is 2.01. The predicted octanol–water partition coefficient (Wildman–Crippen LogP) is 2.33. The summed E-state index contributed by atoms with van der Waals surface area (Å²) in [6.07, 6.45) is 5.81. The van der Waals surface area contributed by atoms with Gasteiger partial charge < -0.3 is 4.90 Å². The lowest BCUT2D eigenvalue weighted by Crippen LogP contribution is -2.32. The van der Waals surface area contributed by atoms with E-state index in [9.17, 15) is 0 Å². The van der Waals surface area contributed by atoms with Gasteiger partial charge in [0.15, 0.2) is 0 Å². The molecule has 1 unspecified atom stereocenters. The van der Waals surface area contributed by atoms with Gasteiger partial charge >= 0.3 is 0 Å². The zero-order valence-corrected chi connectivity index (χ0v) is 9.39. The van der Waals surface area contributed by atoms with Crippen molar-refractivity contribution in [1.29, 1.82) is 0 Å². The minimum absolute atomic E-state index is 0. The second-order valence-electron chi connectivity index (χ2n) is 3.16. The Labute approximate surface area is 74.2 Å². The van der Waals surface area contributed by atoms with E-state index >= 15 is 0 Å². The topological polar surface area (TPSA) is 3.24 Å². The molecule has 1 aliphatic rings. The average molecular weight is 175 g/mol. The summed E-state index contributed by atoms with van der Waals surface area (Å²) in [5, 5.41) is 0. The lowest BCUT2D eigenvalue weighted by atomic mass is 10.2. The van der Waals surface area contributed by atoms with Crippen LogP contribution < -0.4 is 0 Å². The number of nitrogens with zero attached hydrogens (tertiary/aromatic N) is 1. The minimum atomic E-state index is 0. The highest BCUT2D eigenvalue weighted by atomic mass is 31.0. The van der Waals surface area contributed by atoms with E-state index in [0.29, 0.717) is 0 Å². The number of hydrogen-bond acceptors (Lipinski definition) is 1. The summed E-state index contributed by atoms with van der Waals surface area (Å²) in [6.45, 7) is 7.01. The molecule has 0 saturated heterocycles. The van der Waals surface area contributed by atoms with Crippen LogP contribution in [0.1, 0.15) is 39.5 Å². The molecule has 1 rings (SSSR count). The molecular formula is C9H22NP. The quantitative estimate of drug-likeness (QED) is 0.595. The molecular weight excluding hydrogens is 153 g/mol. The molecule has 0 heterocycles. The van der Waals surface area contributed by atoms with Gasteiger partial charge in [-0.3, -0.25) is 0 Å². The van der Waals surface area contributed by atoms with Crippen LogP contribution in [-0.2, 0) is 0 Å². The zero-order chi connectivity index (χ0) is 7.40. The van der Waals surface area contributed by atoms with Crippen LogP contribution in [0.5, 0.6) is 0 Å². The fraction of sp³-hybridized carbons (Fsp3) is 1.00. The van der Waals surface area contributed by atoms with Gasteiger partial charge in [-0.15, -0.1) is 0 Å². The van der Waals surface area contributed by atoms with Gasteiger partial charge in [0.05, 0.1) is 0 Å². The molecule has 0 radical (unpaired) electrons. The second-order valence-corrected chi connectivity index (χ2v) is 3.16. The Morgan fingerprint density at radius 3 is 1.91 bits per heavy atom. The molecule has 11 heavy (non-hydrogen) atoms. The summed E-state index contributed by atoms with van der Waals surface area (Å²) >= 11 is 0. The third kappa shape index (κ3) is 3.09. The third-order valence-electron chi connectivity index (χ3n) is 2.65. The maximum absolute atomic E-state index is 2.59. The molecule has 1 atom stereocenters. The molecule has 2 heteroatoms. The molecule has 0 aliphatic heterocycles. The molecule has 0 bridgehead atoms. The Hall–Kier alpha value is 0.390. The van der Waals surface area contributed by atoms with Crippen LogP contribution >= 0.6 is 9.90 Å². The van der Waals surface area contributed by atoms with Gasteiger partial charge in [0.1, 0.15) is 0 Å². The van der Waals surface area contributed by atoms with Crippen LogP contribution in [0.2, 0.25) is 0 Å². The average Bonchev–Trinajstić information content (AvgIpc) is 2.43. The third-order valence-corrected chi connectivity index (χ3v) is 2.65. The van der Waals surface area contributed by atoms with E-state index in [2.05, 4.69) is 18.7 Å². The van der Waals surface area contributed by atoms with E-state index in [1.165, 1.54) is 38.8 Å². The molecule has 0 aromatic rings. The first-order valence-corrected chi connectivity index (χ1v) is 4.62. The SMILES string of the molecule is CCN(CC)C1CCCC1.P. The van der Waals surface area contributed by atoms with Gasteiger partial charge in [-0.1, -0.05) is 26.7 Å². The zero-order valence-electron chi connectivity index (χ0n) is 7.97. The highest BCUT2D eigenvalue weighted by molar-refractivity contribution is 6.92. The van der Waals surface area contributed by atoms with Crippen LogP contribution in [0, 0.1) is 0 Å². The van der Waals surface area contributed by atoms with Gasteiger partial charge in [0.2, 0.25) is 0 Å². The van der Waals surface area contributed by atoms with Gasteiger partial charge in [-0.05, 0) is 25.9 Å². The first kappa shape index (κ1) is 11.4. The first-order valence-electron chi connectivity index (χ1n) is 4.62. The lowest BCUT2D eigenvalue weighted by molar-refractivity contribution is 0.220. The molecule has 1 fully saturated rings. The Kier molecular flexibility index (Phi) is 6.18. The standard InChI is InChI=1S/C9H19N.H3P/c1-3-10(4-2)9-7-5-6-8-9;/h9H,3-8H2,1-2H3;1H3. The van der Waals surface area contributed by atoms with Crippen molar-refractivity contribution in [2.75, 3.05) is 13.1 Å². The Morgan fingerprint density at radius 2 is 1.55 bits per heavy atom. The van der Waals surface area contributed by atoms with E-state index in [1.807, 2.05) is 0 Å². The monoisotopic (exact) mass is 175 g/mol. The van der Waals surface area contributed by atoms with Gasteiger partial charge in [0, 0.05) is 6.04 Å². The molecule has 1 saturated carbocycles. The summed E-state index contributed by atoms with van der Waals surface area (Å²) < 4.78 is 0. The van der Waals surface area contributed by atoms with Crippen molar-refractivity contribution in [3.8, 4) is 0 Å². The normalized spacial score (nSPS) is 18.8. The number of hydrogen-bond donors (Lipinski definition) is 0. The Bertz CT molecular complexity index is 85.6. The highest BCUT2D eigenvalue weighted by Gasteiger charge is 2.19. The van der Waals surface area contributed by atoms with E-state index in [-0.39, 0.29) is 9.90 Å². The van der Waals surface area contributed by atoms with Crippen LogP contribution in [0.3, 0.4) is 0 Å². The van der Waals surface area contributed by atoms with Crippen LogP contribution in [0.25, 0.3) is 0 Å². The summed E-state index contributed by atoms with van der Waals surface area (Å²) in [5.74, 6) is 0. The largest absolute Gasteiger partial charge is 0.301 e. The van der Waals surface area contributed by atoms with Crippen molar-refractivity contribution in [3.05, 3.63) is 0 Å². The second kappa shape index (κ2) is 5.97. The van der Waals surface area contributed by atoms with Crippen molar-refractivity contribution in [2.24, 2.45) is 0 Å². The van der Waals surface area contributed by atoms with Crippen molar-refractivity contribution in [3.63, 3.8) is 0 Å². The lowest BCUT2D eigenvalue weighted by Gasteiger charge is -2.25. The summed E-state index contributed by atoms with van der Waals surface area (Å²) in [6, 6.07) is 0.926. The summed E-state index contributed by atoms with van der Waals surface area (Å²) in [4.78, 5) is 2.59. The van der Waals surface area contributed by atoms with Crippen molar-refractivity contribution in [1.82, 2.24) is 4.90 Å². The van der Waals surface area contributed by atoms with Gasteiger partial charge in [0.25, 0.3) is 0 Å². The first-order chi connectivity index (χ1) is 4.88. The number of rotatable bonds is 3. The van der Waals surface area contributed by atoms with Gasteiger partial charge in [-0.25, -0.2) is 0 Å². The molecule has 1 aliphatic carbocycles. The van der Waals surface area contributed by atoms with E-state index < -0.39 is 0 Å². The molecule has 0 spiro atoms. The van der Waals surface area contributed by atoms with Crippen molar-refractivity contribution < 1.29 is 0 Å². The van der Waals surface area contributed by atoms with Crippen molar-refractivity contribution >= 4 is 9.90 Å². The minimum Gasteiger partial charge on any atom is -0.301 e. The fourth-order valence-corrected chi connectivity index (χ4v) is 2.01. The molecule has 0 aromatic carbocycles. The van der Waals surface area contributed by atoms with E-state index in [1.54, 1.807) is 0 Å². The Morgan fingerprint density at radius 1 is 1.09 bits per heavy atom. The molecule has 1 nitrogen and oxygen atoms in total. The van der Waals surface area contributed by atoms with E-state index in [0.717, 1.165) is 6.04 Å². The maximum Gasteiger partial charge on any atom is 0.00950 e. The van der Waals surface area contributed by atoms with Crippen LogP contribution in [0.15, 0.2) is 0 Å². The molecule has 0 aromatic heterocycles. The Balaban J connectivity index is 0.000001000. The predicted molar refractivity (Wildman–Crippen MR) is 56.3 cm³/mol. The summed E-state index contributed by atoms with van der Waals surface area (Å²) in [7, 11) is 0. The van der Waals surface area contributed by atoms with Gasteiger partial charge in [-0.2, -0.15) is 9.90 Å². The van der Waals surface area contributed by atoms with Crippen LogP contribution in [0.4, 0.5) is 0 Å². The van der Waals surface area contributed by atoms with E-state index in [4.69, 9.17) is 0 Å². The highest BCUT2D eigenvalue weighted by Crippen LogP contribution is 2.22. The van der Waals surface area contributed by atoms with Crippen LogP contribution in [-0.4, -0.2) is 24.0 Å². The molecule has 0 amide bonds. The van der Waals surface area contributed by atoms with Crippen molar-refractivity contribution in [2.45, 2.75) is 45.6 Å². The molecule has 0 N–H and O–H groups in total. The smallest absolute Gasteiger partial charge is 0.00950 e. The maximum atomic E-state index is 2.59. The summed E-state index contributed by atoms with van der Waals surface area (Å²) in [5.41, 5.74) is 0.